The van der Waals surface area contributed by atoms with Crippen LogP contribution < -0.4 is 15.0 Å². The van der Waals surface area contributed by atoms with E-state index in [1.807, 2.05) is 41.2 Å². The first-order chi connectivity index (χ1) is 15.5. The van der Waals surface area contributed by atoms with Crippen LogP contribution in [0, 0.1) is 0 Å². The predicted octanol–water partition coefficient (Wildman–Crippen LogP) is 3.51. The second-order valence-electron chi connectivity index (χ2n) is 8.16. The van der Waals surface area contributed by atoms with Crippen LogP contribution in [0.5, 0.6) is 5.75 Å². The molecule has 0 spiro atoms. The van der Waals surface area contributed by atoms with Gasteiger partial charge in [-0.25, -0.2) is 14.6 Å². The van der Waals surface area contributed by atoms with Crippen molar-refractivity contribution in [1.82, 2.24) is 25.1 Å². The van der Waals surface area contributed by atoms with Crippen LogP contribution >= 0.6 is 11.8 Å². The smallest absolute Gasteiger partial charge is 0.260 e. The van der Waals surface area contributed by atoms with Crippen molar-refractivity contribution in [2.24, 2.45) is 0 Å². The van der Waals surface area contributed by atoms with E-state index < -0.39 is 6.10 Å². The summed E-state index contributed by atoms with van der Waals surface area (Å²) in [6, 6.07) is 9.35. The van der Waals surface area contributed by atoms with Crippen molar-refractivity contribution in [1.29, 1.82) is 0 Å². The number of fused-ring (bicyclic) bond motifs is 1. The molecule has 32 heavy (non-hydrogen) atoms. The molecule has 0 radical (unpaired) electrons. The summed E-state index contributed by atoms with van der Waals surface area (Å²) in [5.74, 6) is 1.49. The van der Waals surface area contributed by atoms with Crippen LogP contribution in [0.25, 0.3) is 11.0 Å². The van der Waals surface area contributed by atoms with E-state index in [0.717, 1.165) is 35.1 Å². The molecule has 2 aromatic heterocycles. The maximum atomic E-state index is 12.4. The SMILES string of the molecule is CC(C)Sc1nc(N2CCCC2)c2cnn(CCNC(=O)C(C)Oc3ccccc3)c2n1. The third kappa shape index (κ3) is 5.32. The molecule has 4 rings (SSSR count). The molecule has 170 valence electrons. The van der Waals surface area contributed by atoms with E-state index in [1.54, 1.807) is 18.7 Å². The van der Waals surface area contributed by atoms with Crippen molar-refractivity contribution >= 4 is 34.5 Å². The Morgan fingerprint density at radius 2 is 1.91 bits per heavy atom. The fraction of sp³-hybridized carbons (Fsp3) is 0.478. The van der Waals surface area contributed by atoms with Crippen molar-refractivity contribution in [2.75, 3.05) is 24.5 Å². The lowest BCUT2D eigenvalue weighted by Crippen LogP contribution is -2.38. The van der Waals surface area contributed by atoms with Gasteiger partial charge in [-0.3, -0.25) is 4.79 Å². The Kier molecular flexibility index (Phi) is 7.14. The van der Waals surface area contributed by atoms with Crippen LogP contribution in [-0.4, -0.2) is 56.6 Å². The average Bonchev–Trinajstić information content (AvgIpc) is 3.44. The van der Waals surface area contributed by atoms with Crippen LogP contribution in [0.4, 0.5) is 5.82 Å². The van der Waals surface area contributed by atoms with E-state index >= 15 is 0 Å². The highest BCUT2D eigenvalue weighted by atomic mass is 32.2. The molecule has 0 aliphatic carbocycles. The van der Waals surface area contributed by atoms with Gasteiger partial charge in [0.05, 0.1) is 18.1 Å². The number of para-hydroxylation sites is 1. The Hall–Kier alpha value is -2.81. The Balaban J connectivity index is 1.44. The van der Waals surface area contributed by atoms with Crippen LogP contribution in [0.1, 0.15) is 33.6 Å². The normalized spacial score (nSPS) is 14.8. The summed E-state index contributed by atoms with van der Waals surface area (Å²) in [5, 5.41) is 9.61. The lowest BCUT2D eigenvalue weighted by molar-refractivity contribution is -0.127. The van der Waals surface area contributed by atoms with E-state index in [9.17, 15) is 4.79 Å². The third-order valence-corrected chi connectivity index (χ3v) is 6.12. The molecular weight excluding hydrogens is 424 g/mol. The molecule has 1 saturated heterocycles. The quantitative estimate of drug-likeness (QED) is 0.391. The van der Waals surface area contributed by atoms with E-state index in [-0.39, 0.29) is 5.91 Å². The highest BCUT2D eigenvalue weighted by Gasteiger charge is 2.21. The van der Waals surface area contributed by atoms with Gasteiger partial charge >= 0.3 is 0 Å². The van der Waals surface area contributed by atoms with Gasteiger partial charge in [0.2, 0.25) is 0 Å². The molecular formula is C23H30N6O2S. The van der Waals surface area contributed by atoms with Crippen molar-refractivity contribution in [2.45, 2.75) is 56.7 Å². The third-order valence-electron chi connectivity index (χ3n) is 5.25. The summed E-state index contributed by atoms with van der Waals surface area (Å²) in [6.45, 7) is 9.01. The number of thioether (sulfide) groups is 1. The Morgan fingerprint density at radius 3 is 2.62 bits per heavy atom. The lowest BCUT2D eigenvalue weighted by atomic mass is 10.3. The van der Waals surface area contributed by atoms with Gasteiger partial charge < -0.3 is 15.0 Å². The van der Waals surface area contributed by atoms with Gasteiger partial charge in [0.15, 0.2) is 16.9 Å². The summed E-state index contributed by atoms with van der Waals surface area (Å²) in [4.78, 5) is 24.4. The number of rotatable bonds is 9. The highest BCUT2D eigenvalue weighted by Crippen LogP contribution is 2.30. The molecule has 1 atom stereocenters. The molecule has 0 bridgehead atoms. The topological polar surface area (TPSA) is 85.2 Å². The molecule has 1 unspecified atom stereocenters. The summed E-state index contributed by atoms with van der Waals surface area (Å²) in [7, 11) is 0. The number of benzene rings is 1. The van der Waals surface area contributed by atoms with E-state index in [2.05, 4.69) is 29.2 Å². The minimum absolute atomic E-state index is 0.159. The van der Waals surface area contributed by atoms with E-state index in [4.69, 9.17) is 14.7 Å². The molecule has 3 aromatic rings. The minimum atomic E-state index is -0.579. The fourth-order valence-electron chi connectivity index (χ4n) is 3.70. The monoisotopic (exact) mass is 454 g/mol. The molecule has 9 heteroatoms. The molecule has 1 fully saturated rings. The van der Waals surface area contributed by atoms with E-state index in [1.165, 1.54) is 12.8 Å². The molecule has 3 heterocycles. The van der Waals surface area contributed by atoms with Gasteiger partial charge in [0.1, 0.15) is 11.6 Å². The number of aromatic nitrogens is 4. The van der Waals surface area contributed by atoms with Crippen LogP contribution in [0.2, 0.25) is 0 Å². The van der Waals surface area contributed by atoms with Crippen molar-refractivity contribution in [3.05, 3.63) is 36.5 Å². The number of ether oxygens (including phenoxy) is 1. The summed E-state index contributed by atoms with van der Waals surface area (Å²) in [5.41, 5.74) is 0.813. The first kappa shape index (κ1) is 22.4. The van der Waals surface area contributed by atoms with Gasteiger partial charge in [0.25, 0.3) is 5.91 Å². The minimum Gasteiger partial charge on any atom is -0.481 e. The Labute approximate surface area is 192 Å². The second-order valence-corrected chi connectivity index (χ2v) is 9.70. The van der Waals surface area contributed by atoms with Crippen molar-refractivity contribution < 1.29 is 9.53 Å². The number of nitrogens with one attached hydrogen (secondary N) is 1. The highest BCUT2D eigenvalue weighted by molar-refractivity contribution is 7.99. The molecule has 1 aromatic carbocycles. The zero-order chi connectivity index (χ0) is 22.5. The Bertz CT molecular complexity index is 1050. The molecule has 1 amide bonds. The van der Waals surface area contributed by atoms with Crippen molar-refractivity contribution in [3.8, 4) is 5.75 Å². The van der Waals surface area contributed by atoms with Gasteiger partial charge in [-0.1, -0.05) is 43.8 Å². The van der Waals surface area contributed by atoms with E-state index in [0.29, 0.717) is 24.1 Å². The van der Waals surface area contributed by atoms with Crippen LogP contribution in [0.3, 0.4) is 0 Å². The number of hydrogen-bond donors (Lipinski definition) is 1. The van der Waals surface area contributed by atoms with Gasteiger partial charge in [0, 0.05) is 24.9 Å². The molecule has 0 saturated carbocycles. The fourth-order valence-corrected chi connectivity index (χ4v) is 4.40. The molecule has 8 nitrogen and oxygen atoms in total. The average molecular weight is 455 g/mol. The van der Waals surface area contributed by atoms with Crippen LogP contribution in [0.15, 0.2) is 41.7 Å². The zero-order valence-corrected chi connectivity index (χ0v) is 19.6. The van der Waals surface area contributed by atoms with Gasteiger partial charge in [-0.05, 0) is 31.9 Å². The van der Waals surface area contributed by atoms with Gasteiger partial charge in [-0.15, -0.1) is 0 Å². The second kappa shape index (κ2) is 10.2. The largest absolute Gasteiger partial charge is 0.481 e. The molecule has 1 aliphatic heterocycles. The first-order valence-electron chi connectivity index (χ1n) is 11.2. The summed E-state index contributed by atoms with van der Waals surface area (Å²) < 4.78 is 7.55. The summed E-state index contributed by atoms with van der Waals surface area (Å²) >= 11 is 1.66. The number of carbonyl (C=O) groups excluding carboxylic acids is 1. The first-order valence-corrected chi connectivity index (χ1v) is 12.0. The standard InChI is InChI=1S/C23H30N6O2S/c1-16(2)32-23-26-20(28-12-7-8-13-28)19-15-25-29(21(19)27-23)14-11-24-22(30)17(3)31-18-9-5-4-6-10-18/h4-6,9-10,15-17H,7-8,11-14H2,1-3H3,(H,24,30). The number of anilines is 1. The number of amides is 1. The van der Waals surface area contributed by atoms with Crippen molar-refractivity contribution in [3.63, 3.8) is 0 Å². The predicted molar refractivity (Wildman–Crippen MR) is 127 cm³/mol. The molecule has 1 aliphatic rings. The maximum Gasteiger partial charge on any atom is 0.260 e. The molecule has 1 N–H and O–H groups in total. The van der Waals surface area contributed by atoms with Crippen LogP contribution in [-0.2, 0) is 11.3 Å². The number of carbonyl (C=O) groups is 1. The zero-order valence-electron chi connectivity index (χ0n) is 18.8. The lowest BCUT2D eigenvalue weighted by Gasteiger charge is -2.18. The number of nitrogens with zero attached hydrogens (tertiary/aromatic N) is 5. The maximum absolute atomic E-state index is 12.4. The van der Waals surface area contributed by atoms with Gasteiger partial charge in [-0.2, -0.15) is 5.10 Å². The summed E-state index contributed by atoms with van der Waals surface area (Å²) in [6.07, 6.45) is 3.63. The number of hydrogen-bond acceptors (Lipinski definition) is 7. The Morgan fingerprint density at radius 1 is 1.16 bits per heavy atom.